The van der Waals surface area contributed by atoms with Crippen LogP contribution < -0.4 is 5.32 Å². The molecule has 128 valence electrons. The molecule has 0 saturated heterocycles. The summed E-state index contributed by atoms with van der Waals surface area (Å²) in [4.78, 5) is 23.2. The number of furan rings is 1. The van der Waals surface area contributed by atoms with Crippen molar-refractivity contribution in [3.63, 3.8) is 0 Å². The van der Waals surface area contributed by atoms with Crippen molar-refractivity contribution in [2.75, 3.05) is 11.9 Å². The lowest BCUT2D eigenvalue weighted by atomic mass is 9.80. The monoisotopic (exact) mass is 329 g/mol. The van der Waals surface area contributed by atoms with Crippen molar-refractivity contribution in [1.29, 1.82) is 0 Å². The van der Waals surface area contributed by atoms with Gasteiger partial charge in [0.05, 0.1) is 12.5 Å². The second kappa shape index (κ2) is 6.67. The van der Waals surface area contributed by atoms with Gasteiger partial charge in [-0.25, -0.2) is 0 Å². The molecule has 1 amide bonds. The predicted molar refractivity (Wildman–Crippen MR) is 91.8 cm³/mol. The van der Waals surface area contributed by atoms with Crippen LogP contribution in [0.4, 0.5) is 5.69 Å². The molecule has 3 rings (SSSR count). The topological polar surface area (TPSA) is 68.5 Å². The van der Waals surface area contributed by atoms with Crippen LogP contribution in [0.2, 0.25) is 0 Å². The molecule has 5 nitrogen and oxygen atoms in total. The molecular weight excluding hydrogens is 306 g/mol. The first-order valence-electron chi connectivity index (χ1n) is 8.48. The zero-order valence-electron chi connectivity index (χ0n) is 14.3. The van der Waals surface area contributed by atoms with E-state index in [0.717, 1.165) is 41.7 Å². The smallest absolute Gasteiger partial charge is 0.308 e. The van der Waals surface area contributed by atoms with Crippen molar-refractivity contribution in [1.82, 2.24) is 0 Å². The summed E-state index contributed by atoms with van der Waals surface area (Å²) in [6.07, 6.45) is 2.56. The van der Waals surface area contributed by atoms with Crippen LogP contribution in [0.3, 0.4) is 0 Å². The number of rotatable bonds is 4. The van der Waals surface area contributed by atoms with Gasteiger partial charge in [0.15, 0.2) is 0 Å². The Morgan fingerprint density at radius 1 is 1.42 bits per heavy atom. The Balaban J connectivity index is 1.85. The van der Waals surface area contributed by atoms with Crippen LogP contribution >= 0.6 is 0 Å². The Morgan fingerprint density at radius 3 is 2.92 bits per heavy atom. The molecule has 0 radical (unpaired) electrons. The lowest BCUT2D eigenvalue weighted by Gasteiger charge is -2.25. The first-order chi connectivity index (χ1) is 11.5. The first kappa shape index (κ1) is 16.6. The van der Waals surface area contributed by atoms with Crippen LogP contribution in [0.25, 0.3) is 11.0 Å². The second-order valence-electron chi connectivity index (χ2n) is 6.44. The SMILES string of the molecule is CCOC(=O)C(C)C1CCc2c(oc3ccc(NC(C)=O)cc23)C1. The number of amides is 1. The van der Waals surface area contributed by atoms with Gasteiger partial charge in [-0.2, -0.15) is 0 Å². The van der Waals surface area contributed by atoms with Gasteiger partial charge in [-0.1, -0.05) is 6.92 Å². The van der Waals surface area contributed by atoms with Gasteiger partial charge < -0.3 is 14.5 Å². The van der Waals surface area contributed by atoms with Crippen LogP contribution in [-0.2, 0) is 27.2 Å². The first-order valence-corrected chi connectivity index (χ1v) is 8.48. The fraction of sp³-hybridized carbons (Fsp3) is 0.474. The standard InChI is InChI=1S/C19H23NO4/c1-4-23-19(22)11(2)13-5-7-15-16-10-14(20-12(3)21)6-8-17(16)24-18(15)9-13/h6,8,10-11,13H,4-5,7,9H2,1-3H3,(H,20,21). The number of anilines is 1. The fourth-order valence-electron chi connectivity index (χ4n) is 3.48. The Morgan fingerprint density at radius 2 is 2.21 bits per heavy atom. The summed E-state index contributed by atoms with van der Waals surface area (Å²) in [5, 5.41) is 3.86. The second-order valence-corrected chi connectivity index (χ2v) is 6.44. The molecule has 0 bridgehead atoms. The van der Waals surface area contributed by atoms with Crippen LogP contribution in [0.15, 0.2) is 22.6 Å². The van der Waals surface area contributed by atoms with E-state index in [2.05, 4.69) is 5.32 Å². The number of benzene rings is 1. The molecular formula is C19H23NO4. The molecule has 1 aromatic heterocycles. The van der Waals surface area contributed by atoms with Gasteiger partial charge in [-0.05, 0) is 43.9 Å². The number of hydrogen-bond acceptors (Lipinski definition) is 4. The lowest BCUT2D eigenvalue weighted by molar-refractivity contribution is -0.149. The third-order valence-corrected chi connectivity index (χ3v) is 4.77. The number of ether oxygens (including phenoxy) is 1. The molecule has 1 aliphatic rings. The van der Waals surface area contributed by atoms with E-state index < -0.39 is 0 Å². The molecule has 0 fully saturated rings. The molecule has 2 atom stereocenters. The van der Waals surface area contributed by atoms with E-state index in [1.807, 2.05) is 32.0 Å². The Kier molecular flexibility index (Phi) is 4.60. The molecule has 0 aliphatic heterocycles. The predicted octanol–water partition coefficient (Wildman–Crippen LogP) is 3.70. The maximum absolute atomic E-state index is 12.0. The molecule has 0 saturated carbocycles. The van der Waals surface area contributed by atoms with Crippen molar-refractivity contribution >= 4 is 28.5 Å². The van der Waals surface area contributed by atoms with E-state index in [1.54, 1.807) is 0 Å². The van der Waals surface area contributed by atoms with E-state index in [0.29, 0.717) is 6.61 Å². The van der Waals surface area contributed by atoms with Crippen LogP contribution in [0.1, 0.15) is 38.5 Å². The minimum absolute atomic E-state index is 0.0879. The molecule has 1 heterocycles. The van der Waals surface area contributed by atoms with Crippen LogP contribution in [-0.4, -0.2) is 18.5 Å². The number of carbonyl (C=O) groups is 2. The van der Waals surface area contributed by atoms with Crippen molar-refractivity contribution in [3.05, 3.63) is 29.5 Å². The summed E-state index contributed by atoms with van der Waals surface area (Å²) in [6, 6.07) is 5.70. The van der Waals surface area contributed by atoms with Crippen molar-refractivity contribution in [2.24, 2.45) is 11.8 Å². The number of carbonyl (C=O) groups excluding carboxylic acids is 2. The van der Waals surface area contributed by atoms with Gasteiger partial charge in [0, 0.05) is 30.0 Å². The normalized spacial score (nSPS) is 18.0. The molecule has 1 aromatic carbocycles. The highest BCUT2D eigenvalue weighted by atomic mass is 16.5. The van der Waals surface area contributed by atoms with E-state index in [-0.39, 0.29) is 23.7 Å². The number of nitrogens with one attached hydrogen (secondary N) is 1. The molecule has 0 spiro atoms. The van der Waals surface area contributed by atoms with Gasteiger partial charge in [0.2, 0.25) is 5.91 Å². The number of fused-ring (bicyclic) bond motifs is 3. The van der Waals surface area contributed by atoms with E-state index in [1.165, 1.54) is 12.5 Å². The lowest BCUT2D eigenvalue weighted by Crippen LogP contribution is -2.27. The highest BCUT2D eigenvalue weighted by molar-refractivity contribution is 5.93. The molecule has 1 N–H and O–H groups in total. The van der Waals surface area contributed by atoms with Gasteiger partial charge in [0.1, 0.15) is 11.3 Å². The van der Waals surface area contributed by atoms with Gasteiger partial charge in [-0.15, -0.1) is 0 Å². The maximum Gasteiger partial charge on any atom is 0.308 e. The number of hydrogen-bond donors (Lipinski definition) is 1. The average Bonchev–Trinajstić information content (AvgIpc) is 2.91. The van der Waals surface area contributed by atoms with Crippen LogP contribution in [0, 0.1) is 11.8 Å². The molecule has 2 unspecified atom stereocenters. The summed E-state index contributed by atoms with van der Waals surface area (Å²) in [6.45, 7) is 5.68. The minimum Gasteiger partial charge on any atom is -0.466 e. The van der Waals surface area contributed by atoms with Gasteiger partial charge >= 0.3 is 5.97 Å². The number of aryl methyl sites for hydroxylation is 1. The summed E-state index contributed by atoms with van der Waals surface area (Å²) in [5.74, 6) is 0.857. The zero-order chi connectivity index (χ0) is 17.3. The highest BCUT2D eigenvalue weighted by Crippen LogP contribution is 2.37. The summed E-state index contributed by atoms with van der Waals surface area (Å²) >= 11 is 0. The van der Waals surface area contributed by atoms with Crippen molar-refractivity contribution in [2.45, 2.75) is 40.0 Å². The molecule has 5 heteroatoms. The van der Waals surface area contributed by atoms with E-state index >= 15 is 0 Å². The quantitative estimate of drug-likeness (QED) is 0.869. The van der Waals surface area contributed by atoms with Crippen molar-refractivity contribution < 1.29 is 18.7 Å². The molecule has 1 aliphatic carbocycles. The third kappa shape index (κ3) is 3.16. The third-order valence-electron chi connectivity index (χ3n) is 4.77. The summed E-state index contributed by atoms with van der Waals surface area (Å²) < 4.78 is 11.2. The Labute approximate surface area is 141 Å². The number of esters is 1. The van der Waals surface area contributed by atoms with E-state index in [9.17, 15) is 9.59 Å². The fourth-order valence-corrected chi connectivity index (χ4v) is 3.48. The molecule has 24 heavy (non-hydrogen) atoms. The maximum atomic E-state index is 12.0. The Hall–Kier alpha value is -2.30. The van der Waals surface area contributed by atoms with Gasteiger partial charge in [0.25, 0.3) is 0 Å². The summed E-state index contributed by atoms with van der Waals surface area (Å²) in [7, 11) is 0. The van der Waals surface area contributed by atoms with E-state index in [4.69, 9.17) is 9.15 Å². The van der Waals surface area contributed by atoms with Gasteiger partial charge in [-0.3, -0.25) is 9.59 Å². The summed E-state index contributed by atoms with van der Waals surface area (Å²) in [5.41, 5.74) is 2.81. The zero-order valence-corrected chi connectivity index (χ0v) is 14.3. The Bertz CT molecular complexity index is 777. The average molecular weight is 329 g/mol. The van der Waals surface area contributed by atoms with Crippen molar-refractivity contribution in [3.8, 4) is 0 Å². The largest absolute Gasteiger partial charge is 0.466 e. The highest BCUT2D eigenvalue weighted by Gasteiger charge is 2.31. The minimum atomic E-state index is -0.130. The molecule has 2 aromatic rings. The van der Waals surface area contributed by atoms with Crippen LogP contribution in [0.5, 0.6) is 0 Å².